The molecule has 31 heavy (non-hydrogen) atoms. The molecule has 1 atom stereocenters. The van der Waals surface area contributed by atoms with Crippen LogP contribution >= 0.6 is 0 Å². The molecule has 1 saturated heterocycles. The number of nitrogens with zero attached hydrogens (tertiary/aromatic N) is 3. The van der Waals surface area contributed by atoms with Gasteiger partial charge in [-0.15, -0.1) is 0 Å². The van der Waals surface area contributed by atoms with Crippen molar-refractivity contribution in [2.24, 2.45) is 0 Å². The third-order valence-electron chi connectivity index (χ3n) is 5.03. The number of pyridine rings is 1. The molecule has 1 fully saturated rings. The van der Waals surface area contributed by atoms with E-state index in [9.17, 15) is 18.0 Å². The number of sulfonamides is 1. The van der Waals surface area contributed by atoms with Gasteiger partial charge in [-0.3, -0.25) is 19.5 Å². The number of anilines is 1. The van der Waals surface area contributed by atoms with Gasteiger partial charge in [-0.2, -0.15) is 4.72 Å². The second kappa shape index (κ2) is 9.99. The molecule has 3 rings (SSSR count). The largest absolute Gasteiger partial charge is 0.339 e. The predicted octanol–water partition coefficient (Wildman–Crippen LogP) is 1.05. The molecule has 1 aliphatic rings. The van der Waals surface area contributed by atoms with E-state index in [1.54, 1.807) is 24.2 Å². The summed E-state index contributed by atoms with van der Waals surface area (Å²) in [6, 6.07) is 8.85. The average Bonchev–Trinajstić information content (AvgIpc) is 2.74. The number of hydrogen-bond donors (Lipinski definition) is 2. The van der Waals surface area contributed by atoms with E-state index in [0.717, 1.165) is 19.6 Å². The molecule has 0 unspecified atom stereocenters. The van der Waals surface area contributed by atoms with E-state index in [4.69, 9.17) is 0 Å². The monoisotopic (exact) mass is 445 g/mol. The molecule has 1 aliphatic heterocycles. The highest BCUT2D eigenvalue weighted by molar-refractivity contribution is 7.89. The molecule has 0 bridgehead atoms. The van der Waals surface area contributed by atoms with E-state index in [1.807, 2.05) is 12.1 Å². The number of nitrogens with one attached hydrogen (secondary N) is 2. The first kappa shape index (κ1) is 22.9. The summed E-state index contributed by atoms with van der Waals surface area (Å²) < 4.78 is 27.7. The zero-order valence-electron chi connectivity index (χ0n) is 17.6. The van der Waals surface area contributed by atoms with E-state index in [-0.39, 0.29) is 16.7 Å². The van der Waals surface area contributed by atoms with Gasteiger partial charge >= 0.3 is 0 Å². The normalized spacial score (nSPS) is 16.0. The van der Waals surface area contributed by atoms with E-state index >= 15 is 0 Å². The lowest BCUT2D eigenvalue weighted by molar-refractivity contribution is -0.134. The maximum atomic E-state index is 12.8. The van der Waals surface area contributed by atoms with Crippen molar-refractivity contribution >= 4 is 27.5 Å². The number of benzene rings is 1. The first-order valence-electron chi connectivity index (χ1n) is 10.0. The number of aromatic nitrogens is 1. The van der Waals surface area contributed by atoms with Crippen LogP contribution in [-0.2, 0) is 26.2 Å². The molecular formula is C21H27N5O4S. The predicted molar refractivity (Wildman–Crippen MR) is 117 cm³/mol. The number of carbonyl (C=O) groups excluding carboxylic acids is 2. The standard InChI is InChI=1S/C21H27N5O4S/c1-16(24-31(29,30)20-5-3-19(4-6-20)23-17(2)27)21(28)26-13-11-25(12-14-26)15-18-7-9-22-10-8-18/h3-10,16,24H,11-15H2,1-2H3,(H,23,27)/t16-/m0/s1. The smallest absolute Gasteiger partial charge is 0.241 e. The van der Waals surface area contributed by atoms with Crippen molar-refractivity contribution < 1.29 is 18.0 Å². The minimum atomic E-state index is -3.87. The van der Waals surface area contributed by atoms with Crippen molar-refractivity contribution in [2.45, 2.75) is 31.3 Å². The van der Waals surface area contributed by atoms with Gasteiger partial charge in [0, 0.05) is 57.7 Å². The van der Waals surface area contributed by atoms with Crippen molar-refractivity contribution in [3.63, 3.8) is 0 Å². The van der Waals surface area contributed by atoms with Crippen molar-refractivity contribution in [1.29, 1.82) is 0 Å². The minimum Gasteiger partial charge on any atom is -0.339 e. The van der Waals surface area contributed by atoms with Crippen LogP contribution in [0.5, 0.6) is 0 Å². The summed E-state index contributed by atoms with van der Waals surface area (Å²) in [5.74, 6) is -0.490. The average molecular weight is 446 g/mol. The molecule has 0 spiro atoms. The summed E-state index contributed by atoms with van der Waals surface area (Å²) in [5, 5.41) is 2.58. The van der Waals surface area contributed by atoms with Crippen LogP contribution in [0.25, 0.3) is 0 Å². The van der Waals surface area contributed by atoms with Crippen LogP contribution in [0, 0.1) is 0 Å². The Balaban J connectivity index is 1.53. The van der Waals surface area contributed by atoms with Gasteiger partial charge in [0.15, 0.2) is 0 Å². The third-order valence-corrected chi connectivity index (χ3v) is 6.58. The SMILES string of the molecule is CC(=O)Nc1ccc(S(=O)(=O)N[C@@H](C)C(=O)N2CCN(Cc3ccncc3)CC2)cc1. The van der Waals surface area contributed by atoms with Gasteiger partial charge in [-0.05, 0) is 48.9 Å². The van der Waals surface area contributed by atoms with Crippen molar-refractivity contribution in [3.05, 3.63) is 54.4 Å². The molecule has 2 amide bonds. The quantitative estimate of drug-likeness (QED) is 0.659. The fourth-order valence-corrected chi connectivity index (χ4v) is 4.62. The van der Waals surface area contributed by atoms with Crippen LogP contribution in [0.1, 0.15) is 19.4 Å². The Labute approximate surface area is 182 Å². The van der Waals surface area contributed by atoms with Gasteiger partial charge < -0.3 is 10.2 Å². The van der Waals surface area contributed by atoms with Gasteiger partial charge in [0.2, 0.25) is 21.8 Å². The lowest BCUT2D eigenvalue weighted by Gasteiger charge is -2.36. The minimum absolute atomic E-state index is 0.0309. The molecule has 0 aliphatic carbocycles. The fraction of sp³-hybridized carbons (Fsp3) is 0.381. The number of hydrogen-bond acceptors (Lipinski definition) is 6. The molecule has 166 valence electrons. The lowest BCUT2D eigenvalue weighted by atomic mass is 10.2. The highest BCUT2D eigenvalue weighted by Gasteiger charge is 2.28. The number of amides is 2. The molecule has 1 aromatic carbocycles. The van der Waals surface area contributed by atoms with E-state index in [0.29, 0.717) is 18.8 Å². The first-order valence-corrected chi connectivity index (χ1v) is 11.5. The van der Waals surface area contributed by atoms with Crippen molar-refractivity contribution in [2.75, 3.05) is 31.5 Å². The molecule has 1 aromatic heterocycles. The zero-order chi connectivity index (χ0) is 22.4. The number of rotatable bonds is 7. The van der Waals surface area contributed by atoms with Crippen LogP contribution in [-0.4, -0.2) is 67.2 Å². The Morgan fingerprint density at radius 2 is 1.65 bits per heavy atom. The van der Waals surface area contributed by atoms with Crippen molar-refractivity contribution in [3.8, 4) is 0 Å². The van der Waals surface area contributed by atoms with Crippen LogP contribution in [0.3, 0.4) is 0 Å². The first-order chi connectivity index (χ1) is 14.7. The van der Waals surface area contributed by atoms with Crippen LogP contribution < -0.4 is 10.0 Å². The highest BCUT2D eigenvalue weighted by Crippen LogP contribution is 2.15. The maximum absolute atomic E-state index is 12.8. The van der Waals surface area contributed by atoms with E-state index in [1.165, 1.54) is 36.8 Å². The topological polar surface area (TPSA) is 112 Å². The molecule has 2 heterocycles. The summed E-state index contributed by atoms with van der Waals surface area (Å²) in [6.07, 6.45) is 3.52. The second-order valence-corrected chi connectivity index (χ2v) is 9.22. The molecule has 0 saturated carbocycles. The van der Waals surface area contributed by atoms with Gasteiger partial charge in [0.25, 0.3) is 0 Å². The summed E-state index contributed by atoms with van der Waals surface area (Å²) in [6.45, 7) is 6.24. The Morgan fingerprint density at radius 3 is 2.23 bits per heavy atom. The highest BCUT2D eigenvalue weighted by atomic mass is 32.2. The second-order valence-electron chi connectivity index (χ2n) is 7.51. The van der Waals surface area contributed by atoms with Gasteiger partial charge in [-0.1, -0.05) is 0 Å². The Bertz CT molecular complexity index is 1000. The Morgan fingerprint density at radius 1 is 1.03 bits per heavy atom. The van der Waals surface area contributed by atoms with E-state index in [2.05, 4.69) is 19.9 Å². The maximum Gasteiger partial charge on any atom is 0.241 e. The molecule has 10 heteroatoms. The summed E-state index contributed by atoms with van der Waals surface area (Å²) in [5.41, 5.74) is 1.67. The number of piperazine rings is 1. The van der Waals surface area contributed by atoms with Gasteiger partial charge in [-0.25, -0.2) is 8.42 Å². The number of carbonyl (C=O) groups is 2. The van der Waals surface area contributed by atoms with Crippen molar-refractivity contribution in [1.82, 2.24) is 19.5 Å². The third kappa shape index (κ3) is 6.33. The molecule has 2 aromatic rings. The summed E-state index contributed by atoms with van der Waals surface area (Å²) in [7, 11) is -3.87. The molecule has 2 N–H and O–H groups in total. The van der Waals surface area contributed by atoms with Crippen LogP contribution in [0.2, 0.25) is 0 Å². The van der Waals surface area contributed by atoms with Gasteiger partial charge in [0.1, 0.15) is 0 Å². The van der Waals surface area contributed by atoms with Gasteiger partial charge in [0.05, 0.1) is 10.9 Å². The van der Waals surface area contributed by atoms with Crippen LogP contribution in [0.15, 0.2) is 53.7 Å². The van der Waals surface area contributed by atoms with E-state index < -0.39 is 16.1 Å². The fourth-order valence-electron chi connectivity index (χ4n) is 3.42. The molecule has 0 radical (unpaired) electrons. The zero-order valence-corrected chi connectivity index (χ0v) is 18.4. The van der Waals surface area contributed by atoms with Crippen LogP contribution in [0.4, 0.5) is 5.69 Å². The lowest BCUT2D eigenvalue weighted by Crippen LogP contribution is -2.53. The molecular weight excluding hydrogens is 418 g/mol. The summed E-state index contributed by atoms with van der Waals surface area (Å²) in [4.78, 5) is 31.9. The Kier molecular flexibility index (Phi) is 7.37. The molecule has 9 nitrogen and oxygen atoms in total. The summed E-state index contributed by atoms with van der Waals surface area (Å²) >= 11 is 0. The Hall–Kier alpha value is -2.82.